The lowest BCUT2D eigenvalue weighted by Gasteiger charge is -2.13. The van der Waals surface area contributed by atoms with E-state index in [-0.39, 0.29) is 11.6 Å². The van der Waals surface area contributed by atoms with Gasteiger partial charge in [0, 0.05) is 23.1 Å². The average molecular weight is 282 g/mol. The summed E-state index contributed by atoms with van der Waals surface area (Å²) in [5.74, 6) is -0.193. The molecule has 0 atom stereocenters. The Bertz CT molecular complexity index is 802. The smallest absolute Gasteiger partial charge is 0.174 e. The van der Waals surface area contributed by atoms with Crippen LogP contribution in [0.5, 0.6) is 5.75 Å². The second-order valence-corrected chi connectivity index (χ2v) is 4.71. The van der Waals surface area contributed by atoms with Crippen LogP contribution in [0.4, 0.5) is 10.2 Å². The van der Waals surface area contributed by atoms with Crippen molar-refractivity contribution in [2.75, 3.05) is 11.9 Å². The molecule has 1 heterocycles. The Labute approximate surface area is 122 Å². The molecule has 0 fully saturated rings. The zero-order valence-corrected chi connectivity index (χ0v) is 11.6. The molecule has 4 heteroatoms. The molecule has 3 nitrogen and oxygen atoms in total. The average Bonchev–Trinajstić information content (AvgIpc) is 2.50. The number of aromatic hydroxyl groups is 1. The molecular weight excluding hydrogens is 267 g/mol. The summed E-state index contributed by atoms with van der Waals surface area (Å²) in [6.07, 6.45) is 0. The lowest BCUT2D eigenvalue weighted by atomic mass is 9.99. The van der Waals surface area contributed by atoms with Crippen LogP contribution in [-0.4, -0.2) is 16.6 Å². The van der Waals surface area contributed by atoms with Gasteiger partial charge in [-0.3, -0.25) is 0 Å². The van der Waals surface area contributed by atoms with E-state index in [0.29, 0.717) is 28.6 Å². The molecule has 3 rings (SSSR count). The maximum Gasteiger partial charge on any atom is 0.174 e. The third-order valence-electron chi connectivity index (χ3n) is 3.35. The molecule has 0 amide bonds. The highest BCUT2D eigenvalue weighted by Crippen LogP contribution is 2.37. The predicted molar refractivity (Wildman–Crippen MR) is 83.0 cm³/mol. The Morgan fingerprint density at radius 1 is 1.10 bits per heavy atom. The molecule has 0 saturated heterocycles. The molecule has 0 unspecified atom stereocenters. The van der Waals surface area contributed by atoms with E-state index in [9.17, 15) is 9.50 Å². The van der Waals surface area contributed by atoms with Crippen LogP contribution in [-0.2, 0) is 0 Å². The monoisotopic (exact) mass is 282 g/mol. The summed E-state index contributed by atoms with van der Waals surface area (Å²) in [5.41, 5.74) is 1.52. The van der Waals surface area contributed by atoms with Gasteiger partial charge in [-0.25, -0.2) is 9.37 Å². The van der Waals surface area contributed by atoms with Crippen LogP contribution < -0.4 is 5.32 Å². The first-order valence-electron chi connectivity index (χ1n) is 6.83. The molecule has 106 valence electrons. The van der Waals surface area contributed by atoms with Crippen LogP contribution in [0, 0.1) is 5.82 Å². The fourth-order valence-corrected chi connectivity index (χ4v) is 2.42. The van der Waals surface area contributed by atoms with Gasteiger partial charge in [-0.2, -0.15) is 0 Å². The first-order chi connectivity index (χ1) is 10.2. The third kappa shape index (κ3) is 2.29. The van der Waals surface area contributed by atoms with Crippen molar-refractivity contribution in [3.05, 3.63) is 54.3 Å². The number of rotatable bonds is 3. The molecule has 0 bridgehead atoms. The highest BCUT2D eigenvalue weighted by Gasteiger charge is 2.18. The van der Waals surface area contributed by atoms with Crippen LogP contribution in [0.3, 0.4) is 0 Å². The molecule has 21 heavy (non-hydrogen) atoms. The van der Waals surface area contributed by atoms with Crippen LogP contribution in [0.25, 0.3) is 22.0 Å². The molecule has 1 aromatic heterocycles. The summed E-state index contributed by atoms with van der Waals surface area (Å²) in [7, 11) is 0. The highest BCUT2D eigenvalue weighted by atomic mass is 19.1. The van der Waals surface area contributed by atoms with E-state index in [1.165, 1.54) is 0 Å². The molecular formula is C17H15FN2O. The summed E-state index contributed by atoms with van der Waals surface area (Å²) in [6, 6.07) is 14.1. The van der Waals surface area contributed by atoms with E-state index < -0.39 is 5.82 Å². The Morgan fingerprint density at radius 2 is 1.81 bits per heavy atom. The molecule has 2 aromatic carbocycles. The number of anilines is 1. The number of phenols is 1. The third-order valence-corrected chi connectivity index (χ3v) is 3.35. The van der Waals surface area contributed by atoms with Crippen molar-refractivity contribution in [2.45, 2.75) is 6.92 Å². The maximum absolute atomic E-state index is 14.8. The molecule has 0 aliphatic carbocycles. The van der Waals surface area contributed by atoms with Crippen molar-refractivity contribution in [1.82, 2.24) is 4.98 Å². The standard InChI is InChI=1S/C17H15FN2O/c1-2-19-17-16(18)15(12-8-4-6-10-14(12)21)11-7-3-5-9-13(11)20-17/h3-10,21H,2H2,1H3,(H,19,20). The van der Waals surface area contributed by atoms with Crippen molar-refractivity contribution in [3.63, 3.8) is 0 Å². The van der Waals surface area contributed by atoms with Crippen molar-refractivity contribution in [2.24, 2.45) is 0 Å². The Balaban J connectivity index is 2.39. The summed E-state index contributed by atoms with van der Waals surface area (Å²) in [4.78, 5) is 4.31. The number of para-hydroxylation sites is 2. The van der Waals surface area contributed by atoms with E-state index in [4.69, 9.17) is 0 Å². The van der Waals surface area contributed by atoms with Gasteiger partial charge in [0.2, 0.25) is 0 Å². The Hall–Kier alpha value is -2.62. The van der Waals surface area contributed by atoms with Crippen LogP contribution >= 0.6 is 0 Å². The van der Waals surface area contributed by atoms with Gasteiger partial charge in [0.1, 0.15) is 5.75 Å². The van der Waals surface area contributed by atoms with Gasteiger partial charge in [-0.1, -0.05) is 36.4 Å². The van der Waals surface area contributed by atoms with Crippen molar-refractivity contribution < 1.29 is 9.50 Å². The van der Waals surface area contributed by atoms with Crippen LogP contribution in [0.1, 0.15) is 6.92 Å². The second kappa shape index (κ2) is 5.40. The number of hydrogen-bond donors (Lipinski definition) is 2. The summed E-state index contributed by atoms with van der Waals surface area (Å²) < 4.78 is 14.8. The van der Waals surface area contributed by atoms with Crippen molar-refractivity contribution in [1.29, 1.82) is 0 Å². The lowest BCUT2D eigenvalue weighted by Crippen LogP contribution is -2.04. The fraction of sp³-hybridized carbons (Fsp3) is 0.118. The van der Waals surface area contributed by atoms with Crippen LogP contribution in [0.2, 0.25) is 0 Å². The molecule has 0 aliphatic rings. The normalized spacial score (nSPS) is 10.8. The minimum absolute atomic E-state index is 0.0511. The molecule has 0 spiro atoms. The van der Waals surface area contributed by atoms with E-state index >= 15 is 0 Å². The van der Waals surface area contributed by atoms with E-state index in [1.54, 1.807) is 24.3 Å². The summed E-state index contributed by atoms with van der Waals surface area (Å²) >= 11 is 0. The quantitative estimate of drug-likeness (QED) is 0.757. The largest absolute Gasteiger partial charge is 0.507 e. The number of pyridine rings is 1. The van der Waals surface area contributed by atoms with Crippen molar-refractivity contribution >= 4 is 16.7 Å². The number of hydrogen-bond acceptors (Lipinski definition) is 3. The SMILES string of the molecule is CCNc1nc2ccccc2c(-c2ccccc2O)c1F. The maximum atomic E-state index is 14.8. The number of nitrogens with zero attached hydrogens (tertiary/aromatic N) is 1. The number of benzene rings is 2. The summed E-state index contributed by atoms with van der Waals surface area (Å²) in [5, 5.41) is 13.7. The minimum atomic E-state index is -0.447. The minimum Gasteiger partial charge on any atom is -0.507 e. The number of halogens is 1. The molecule has 0 saturated carbocycles. The van der Waals surface area contributed by atoms with Gasteiger partial charge in [0.05, 0.1) is 5.52 Å². The zero-order chi connectivity index (χ0) is 14.8. The van der Waals surface area contributed by atoms with Crippen LogP contribution in [0.15, 0.2) is 48.5 Å². The number of aromatic nitrogens is 1. The number of nitrogens with one attached hydrogen (secondary N) is 1. The molecule has 0 radical (unpaired) electrons. The van der Waals surface area contributed by atoms with Crippen molar-refractivity contribution in [3.8, 4) is 16.9 Å². The van der Waals surface area contributed by atoms with Gasteiger partial charge < -0.3 is 10.4 Å². The first kappa shape index (κ1) is 13.4. The van der Waals surface area contributed by atoms with E-state index in [1.807, 2.05) is 31.2 Å². The molecule has 0 aliphatic heterocycles. The van der Waals surface area contributed by atoms with Gasteiger partial charge >= 0.3 is 0 Å². The predicted octanol–water partition coefficient (Wildman–Crippen LogP) is 4.18. The topological polar surface area (TPSA) is 45.2 Å². The second-order valence-electron chi connectivity index (χ2n) is 4.71. The van der Waals surface area contributed by atoms with Gasteiger partial charge in [-0.15, -0.1) is 0 Å². The number of fused-ring (bicyclic) bond motifs is 1. The lowest BCUT2D eigenvalue weighted by molar-refractivity contribution is 0.477. The van der Waals surface area contributed by atoms with Gasteiger partial charge in [0.15, 0.2) is 11.6 Å². The Kier molecular flexibility index (Phi) is 3.44. The first-order valence-corrected chi connectivity index (χ1v) is 6.83. The fourth-order valence-electron chi connectivity index (χ4n) is 2.42. The molecule has 2 N–H and O–H groups in total. The van der Waals surface area contributed by atoms with Gasteiger partial charge in [-0.05, 0) is 19.1 Å². The molecule has 3 aromatic rings. The number of phenolic OH excluding ortho intramolecular Hbond substituents is 1. The van der Waals surface area contributed by atoms with Gasteiger partial charge in [0.25, 0.3) is 0 Å². The summed E-state index contributed by atoms with van der Waals surface area (Å²) in [6.45, 7) is 2.46. The zero-order valence-electron chi connectivity index (χ0n) is 11.6. The van der Waals surface area contributed by atoms with E-state index in [0.717, 1.165) is 0 Å². The van der Waals surface area contributed by atoms with E-state index in [2.05, 4.69) is 10.3 Å². The Morgan fingerprint density at radius 3 is 2.57 bits per heavy atom. The highest BCUT2D eigenvalue weighted by molar-refractivity contribution is 5.97.